The third-order valence-corrected chi connectivity index (χ3v) is 3.46. The molecule has 22 heavy (non-hydrogen) atoms. The molecule has 2 aromatic rings. The van der Waals surface area contributed by atoms with Crippen molar-refractivity contribution >= 4 is 28.2 Å². The maximum Gasteiger partial charge on any atom is 0.433 e. The monoisotopic (exact) mass is 329 g/mol. The molecule has 9 heteroatoms. The lowest BCUT2D eigenvalue weighted by Crippen LogP contribution is -2.16. The smallest absolute Gasteiger partial charge is 0.298 e. The van der Waals surface area contributed by atoms with Gasteiger partial charge in [-0.15, -0.1) is 11.3 Å². The normalized spacial score (nSPS) is 11.3. The summed E-state index contributed by atoms with van der Waals surface area (Å²) in [5.74, 6) is -0.882. The van der Waals surface area contributed by atoms with Crippen molar-refractivity contribution in [1.82, 2.24) is 9.97 Å². The zero-order valence-corrected chi connectivity index (χ0v) is 12.3. The minimum Gasteiger partial charge on any atom is -0.298 e. The number of pyridine rings is 1. The van der Waals surface area contributed by atoms with Gasteiger partial charge in [-0.2, -0.15) is 13.2 Å². The van der Waals surface area contributed by atoms with E-state index in [1.165, 1.54) is 19.2 Å². The summed E-state index contributed by atoms with van der Waals surface area (Å²) in [7, 11) is 0. The Kier molecular flexibility index (Phi) is 4.27. The molecule has 0 spiro atoms. The molecule has 0 aliphatic heterocycles. The number of hydrogen-bond acceptors (Lipinski definition) is 5. The fourth-order valence-corrected chi connectivity index (χ4v) is 2.36. The van der Waals surface area contributed by atoms with Gasteiger partial charge in [0.1, 0.15) is 11.4 Å². The van der Waals surface area contributed by atoms with E-state index in [1.807, 2.05) is 0 Å². The van der Waals surface area contributed by atoms with Gasteiger partial charge in [-0.05, 0) is 19.1 Å². The molecule has 0 aliphatic rings. The number of carbonyl (C=O) groups excluding carboxylic acids is 2. The summed E-state index contributed by atoms with van der Waals surface area (Å²) < 4.78 is 37.6. The predicted octanol–water partition coefficient (Wildman–Crippen LogP) is 3.32. The fraction of sp³-hybridized carbons (Fsp3) is 0.231. The van der Waals surface area contributed by atoms with Gasteiger partial charge in [0.05, 0.1) is 11.3 Å². The zero-order chi connectivity index (χ0) is 16.5. The number of carbonyl (C=O) groups is 2. The van der Waals surface area contributed by atoms with Gasteiger partial charge in [-0.25, -0.2) is 9.97 Å². The number of ketones is 1. The van der Waals surface area contributed by atoms with Gasteiger partial charge in [-0.1, -0.05) is 0 Å². The first kappa shape index (κ1) is 16.1. The molecule has 0 unspecified atom stereocenters. The van der Waals surface area contributed by atoms with E-state index in [4.69, 9.17) is 0 Å². The Hall–Kier alpha value is -2.29. The minimum atomic E-state index is -4.56. The quantitative estimate of drug-likeness (QED) is 0.877. The first-order chi connectivity index (χ1) is 10.2. The summed E-state index contributed by atoms with van der Waals surface area (Å²) >= 11 is 1.05. The molecule has 0 atom stereocenters. The number of halogens is 3. The second-order valence-corrected chi connectivity index (χ2v) is 5.23. The Morgan fingerprint density at radius 1 is 1.23 bits per heavy atom. The number of nitrogens with one attached hydrogen (secondary N) is 1. The number of rotatable bonds is 3. The van der Waals surface area contributed by atoms with E-state index >= 15 is 0 Å². The van der Waals surface area contributed by atoms with E-state index in [0.717, 1.165) is 23.5 Å². The summed E-state index contributed by atoms with van der Waals surface area (Å²) in [5.41, 5.74) is -0.888. The molecular weight excluding hydrogens is 319 g/mol. The van der Waals surface area contributed by atoms with E-state index < -0.39 is 17.8 Å². The lowest BCUT2D eigenvalue weighted by atomic mass is 10.1. The van der Waals surface area contributed by atoms with E-state index in [-0.39, 0.29) is 27.9 Å². The number of anilines is 1. The van der Waals surface area contributed by atoms with Crippen LogP contribution in [-0.2, 0) is 6.18 Å². The van der Waals surface area contributed by atoms with Crippen molar-refractivity contribution in [3.8, 4) is 0 Å². The number of alkyl halides is 3. The van der Waals surface area contributed by atoms with Crippen LogP contribution in [0.3, 0.4) is 0 Å². The molecule has 5 nitrogen and oxygen atoms in total. The topological polar surface area (TPSA) is 72.0 Å². The second-order valence-electron chi connectivity index (χ2n) is 4.38. The van der Waals surface area contributed by atoms with Gasteiger partial charge in [0, 0.05) is 12.3 Å². The molecule has 0 aromatic carbocycles. The second kappa shape index (κ2) is 5.84. The lowest BCUT2D eigenvalue weighted by molar-refractivity contribution is -0.141. The highest BCUT2D eigenvalue weighted by Crippen LogP contribution is 2.28. The van der Waals surface area contributed by atoms with Crippen molar-refractivity contribution in [3.05, 3.63) is 40.2 Å². The Balaban J connectivity index is 2.20. The number of aryl methyl sites for hydroxylation is 1. The number of Topliss-reactive ketones (excluding diaryl/α,β-unsaturated/α-hetero) is 1. The Labute approximate surface area is 127 Å². The molecule has 0 saturated heterocycles. The highest BCUT2D eigenvalue weighted by Gasteiger charge is 2.33. The zero-order valence-electron chi connectivity index (χ0n) is 11.5. The van der Waals surface area contributed by atoms with Crippen LogP contribution in [0, 0.1) is 6.92 Å². The van der Waals surface area contributed by atoms with Crippen LogP contribution in [0.2, 0.25) is 0 Å². The van der Waals surface area contributed by atoms with Gasteiger partial charge in [0.15, 0.2) is 10.9 Å². The summed E-state index contributed by atoms with van der Waals surface area (Å²) in [4.78, 5) is 30.4. The van der Waals surface area contributed by atoms with Gasteiger partial charge in [0.25, 0.3) is 5.91 Å². The average Bonchev–Trinajstić information content (AvgIpc) is 2.86. The third kappa shape index (κ3) is 3.48. The molecule has 0 saturated carbocycles. The number of aromatic nitrogens is 2. The van der Waals surface area contributed by atoms with Gasteiger partial charge in [-0.3, -0.25) is 14.9 Å². The van der Waals surface area contributed by atoms with Crippen LogP contribution in [0.4, 0.5) is 18.3 Å². The largest absolute Gasteiger partial charge is 0.433 e. The predicted molar refractivity (Wildman–Crippen MR) is 74.0 cm³/mol. The molecule has 0 bridgehead atoms. The van der Waals surface area contributed by atoms with Crippen molar-refractivity contribution in [2.24, 2.45) is 0 Å². The maximum absolute atomic E-state index is 12.5. The van der Waals surface area contributed by atoms with Crippen LogP contribution in [0.5, 0.6) is 0 Å². The highest BCUT2D eigenvalue weighted by atomic mass is 32.1. The van der Waals surface area contributed by atoms with Crippen LogP contribution in [0.25, 0.3) is 0 Å². The molecule has 1 N–H and O–H groups in total. The molecular formula is C13H10F3N3O2S. The maximum atomic E-state index is 12.5. The summed E-state index contributed by atoms with van der Waals surface area (Å²) in [5, 5.41) is 4.10. The van der Waals surface area contributed by atoms with Crippen molar-refractivity contribution in [2.45, 2.75) is 20.0 Å². The van der Waals surface area contributed by atoms with Crippen molar-refractivity contribution in [1.29, 1.82) is 0 Å². The van der Waals surface area contributed by atoms with Crippen LogP contribution >= 0.6 is 11.3 Å². The molecule has 2 heterocycles. The van der Waals surface area contributed by atoms with Crippen LogP contribution < -0.4 is 5.32 Å². The lowest BCUT2D eigenvalue weighted by Gasteiger charge is -2.09. The SMILES string of the molecule is CC(=O)c1csc(NC(=O)c2ccc(C(F)(F)F)nc2C)n1. The van der Waals surface area contributed by atoms with Crippen LogP contribution in [0.1, 0.15) is 39.2 Å². The van der Waals surface area contributed by atoms with Gasteiger partial charge in [0.2, 0.25) is 0 Å². The molecule has 116 valence electrons. The Morgan fingerprint density at radius 2 is 1.91 bits per heavy atom. The molecule has 1 amide bonds. The van der Waals surface area contributed by atoms with E-state index in [0.29, 0.717) is 0 Å². The Morgan fingerprint density at radius 3 is 2.41 bits per heavy atom. The van der Waals surface area contributed by atoms with E-state index in [2.05, 4.69) is 15.3 Å². The summed E-state index contributed by atoms with van der Waals surface area (Å²) in [6.07, 6.45) is -4.56. The van der Waals surface area contributed by atoms with Gasteiger partial charge < -0.3 is 0 Å². The number of nitrogens with zero attached hydrogens (tertiary/aromatic N) is 2. The van der Waals surface area contributed by atoms with Crippen LogP contribution in [0.15, 0.2) is 17.5 Å². The van der Waals surface area contributed by atoms with Gasteiger partial charge >= 0.3 is 6.18 Å². The number of amides is 1. The first-order valence-electron chi connectivity index (χ1n) is 6.01. The standard InChI is InChI=1S/C13H10F3N3O2S/c1-6-8(3-4-10(17-6)13(14,15)16)11(21)19-12-18-9(5-22-12)7(2)20/h3-5H,1-2H3,(H,18,19,21). The van der Waals surface area contributed by atoms with E-state index in [9.17, 15) is 22.8 Å². The number of thiazole rings is 1. The van der Waals surface area contributed by atoms with Crippen molar-refractivity contribution in [2.75, 3.05) is 5.32 Å². The Bertz CT molecular complexity index is 740. The average molecular weight is 329 g/mol. The molecule has 0 fully saturated rings. The first-order valence-corrected chi connectivity index (χ1v) is 6.89. The summed E-state index contributed by atoms with van der Waals surface area (Å²) in [6, 6.07) is 1.80. The van der Waals surface area contributed by atoms with Crippen LogP contribution in [-0.4, -0.2) is 21.7 Å². The highest BCUT2D eigenvalue weighted by molar-refractivity contribution is 7.14. The summed E-state index contributed by atoms with van der Waals surface area (Å²) in [6.45, 7) is 2.65. The van der Waals surface area contributed by atoms with E-state index in [1.54, 1.807) is 0 Å². The fourth-order valence-electron chi connectivity index (χ4n) is 1.62. The van der Waals surface area contributed by atoms with Crippen molar-refractivity contribution in [3.63, 3.8) is 0 Å². The third-order valence-electron chi connectivity index (χ3n) is 2.71. The van der Waals surface area contributed by atoms with Crippen molar-refractivity contribution < 1.29 is 22.8 Å². The molecule has 0 radical (unpaired) electrons. The molecule has 0 aliphatic carbocycles. The minimum absolute atomic E-state index is 0.00701. The number of hydrogen-bond donors (Lipinski definition) is 1. The molecule has 2 aromatic heterocycles. The molecule has 2 rings (SSSR count).